The molecule has 2 aromatic rings. The van der Waals surface area contributed by atoms with Crippen molar-refractivity contribution in [3.05, 3.63) is 47.4 Å². The van der Waals surface area contributed by atoms with Crippen LogP contribution in [0, 0.1) is 17.2 Å². The largest absolute Gasteiger partial charge is 0.366 e. The molecule has 1 aliphatic rings. The first-order valence-corrected chi connectivity index (χ1v) is 8.55. The molecule has 138 valence electrons. The van der Waals surface area contributed by atoms with Gasteiger partial charge in [-0.1, -0.05) is 6.92 Å². The third-order valence-electron chi connectivity index (χ3n) is 5.01. The molecule has 1 aromatic carbocycles. The Bertz CT molecular complexity index is 934. The van der Waals surface area contributed by atoms with Gasteiger partial charge >= 0.3 is 0 Å². The molecular weight excluding hydrogens is 344 g/mol. The van der Waals surface area contributed by atoms with Crippen molar-refractivity contribution < 1.29 is 9.59 Å². The fraction of sp³-hybridized carbons (Fsp3) is 0.316. The van der Waals surface area contributed by atoms with E-state index in [1.807, 2.05) is 19.9 Å². The standard InChI is InChI=1S/C19H20N6O2/c1-10-11(2)25(12(3)26)16-5-4-13(19(21)27)6-15(16)18(10)24-17-9-22-14(7-20)8-23-17/h4-6,8-11,18H,1-3H3,(H2,21,27)(H,23,24). The molecule has 0 fully saturated rings. The van der Waals surface area contributed by atoms with Crippen molar-refractivity contribution in [1.29, 1.82) is 5.26 Å². The average Bonchev–Trinajstić information content (AvgIpc) is 2.65. The normalized spacial score (nSPS) is 21.1. The highest BCUT2D eigenvalue weighted by Gasteiger charge is 2.38. The molecule has 3 atom stereocenters. The third kappa shape index (κ3) is 3.31. The van der Waals surface area contributed by atoms with Crippen LogP contribution in [0.1, 0.15) is 48.4 Å². The van der Waals surface area contributed by atoms with Gasteiger partial charge in [0.05, 0.1) is 18.4 Å². The number of nitriles is 1. The average molecular weight is 364 g/mol. The van der Waals surface area contributed by atoms with Gasteiger partial charge in [-0.25, -0.2) is 9.97 Å². The Morgan fingerprint density at radius 2 is 2.00 bits per heavy atom. The number of amides is 2. The Labute approximate surface area is 157 Å². The Hall–Kier alpha value is -3.47. The van der Waals surface area contributed by atoms with E-state index in [0.717, 1.165) is 11.3 Å². The van der Waals surface area contributed by atoms with Gasteiger partial charge in [0.25, 0.3) is 0 Å². The maximum absolute atomic E-state index is 12.2. The summed E-state index contributed by atoms with van der Waals surface area (Å²) in [6.07, 6.45) is 2.88. The second-order valence-electron chi connectivity index (χ2n) is 6.65. The van der Waals surface area contributed by atoms with E-state index in [9.17, 15) is 9.59 Å². The van der Waals surface area contributed by atoms with Gasteiger partial charge in [0, 0.05) is 30.1 Å². The first-order valence-electron chi connectivity index (χ1n) is 8.55. The molecule has 8 nitrogen and oxygen atoms in total. The lowest BCUT2D eigenvalue weighted by atomic mass is 9.82. The minimum Gasteiger partial charge on any atom is -0.366 e. The molecule has 0 bridgehead atoms. The number of nitrogens with one attached hydrogen (secondary N) is 1. The fourth-order valence-corrected chi connectivity index (χ4v) is 3.48. The second kappa shape index (κ2) is 7.03. The number of rotatable bonds is 3. The molecule has 0 saturated carbocycles. The number of anilines is 2. The zero-order chi connectivity index (χ0) is 19.7. The smallest absolute Gasteiger partial charge is 0.248 e. The molecule has 2 amide bonds. The van der Waals surface area contributed by atoms with E-state index in [-0.39, 0.29) is 29.6 Å². The molecule has 0 saturated heterocycles. The van der Waals surface area contributed by atoms with Crippen molar-refractivity contribution in [1.82, 2.24) is 9.97 Å². The number of aromatic nitrogens is 2. The van der Waals surface area contributed by atoms with Crippen LogP contribution < -0.4 is 16.0 Å². The predicted octanol–water partition coefficient (Wildman–Crippen LogP) is 1.99. The molecule has 0 radical (unpaired) electrons. The summed E-state index contributed by atoms with van der Waals surface area (Å²) in [5.41, 5.74) is 7.56. The predicted molar refractivity (Wildman–Crippen MR) is 99.9 cm³/mol. The van der Waals surface area contributed by atoms with E-state index in [1.54, 1.807) is 23.1 Å². The summed E-state index contributed by atoms with van der Waals surface area (Å²) < 4.78 is 0. The summed E-state index contributed by atoms with van der Waals surface area (Å²) in [4.78, 5) is 33.9. The van der Waals surface area contributed by atoms with Crippen molar-refractivity contribution in [2.75, 3.05) is 10.2 Å². The number of fused-ring (bicyclic) bond motifs is 1. The van der Waals surface area contributed by atoms with Gasteiger partial charge < -0.3 is 16.0 Å². The minimum absolute atomic E-state index is 0.0157. The lowest BCUT2D eigenvalue weighted by Crippen LogP contribution is -2.48. The lowest BCUT2D eigenvalue weighted by Gasteiger charge is -2.44. The van der Waals surface area contributed by atoms with Gasteiger partial charge in [0.1, 0.15) is 11.9 Å². The van der Waals surface area contributed by atoms with Crippen LogP contribution in [0.15, 0.2) is 30.6 Å². The summed E-state index contributed by atoms with van der Waals surface area (Å²) in [7, 11) is 0. The molecular formula is C19H20N6O2. The number of nitrogens with two attached hydrogens (primary N) is 1. The summed E-state index contributed by atoms with van der Waals surface area (Å²) in [6, 6.07) is 6.73. The summed E-state index contributed by atoms with van der Waals surface area (Å²) in [5.74, 6) is -0.0823. The number of hydrogen-bond acceptors (Lipinski definition) is 6. The van der Waals surface area contributed by atoms with E-state index in [4.69, 9.17) is 11.0 Å². The van der Waals surface area contributed by atoms with Crippen LogP contribution in [-0.4, -0.2) is 27.8 Å². The van der Waals surface area contributed by atoms with Crippen LogP contribution in [0.4, 0.5) is 11.5 Å². The van der Waals surface area contributed by atoms with Crippen LogP contribution in [0.3, 0.4) is 0 Å². The maximum Gasteiger partial charge on any atom is 0.248 e. The number of benzene rings is 1. The zero-order valence-electron chi connectivity index (χ0n) is 15.3. The first-order chi connectivity index (χ1) is 12.8. The molecule has 0 aliphatic carbocycles. The Morgan fingerprint density at radius 3 is 2.56 bits per heavy atom. The quantitative estimate of drug-likeness (QED) is 0.858. The van der Waals surface area contributed by atoms with Crippen LogP contribution in [0.2, 0.25) is 0 Å². The van der Waals surface area contributed by atoms with E-state index < -0.39 is 5.91 Å². The van der Waals surface area contributed by atoms with Crippen LogP contribution in [-0.2, 0) is 4.79 Å². The van der Waals surface area contributed by atoms with Crippen molar-refractivity contribution in [3.63, 3.8) is 0 Å². The molecule has 8 heteroatoms. The van der Waals surface area contributed by atoms with Gasteiger partial charge in [0.2, 0.25) is 11.8 Å². The highest BCUT2D eigenvalue weighted by Crippen LogP contribution is 2.42. The van der Waals surface area contributed by atoms with Crippen molar-refractivity contribution in [3.8, 4) is 6.07 Å². The van der Waals surface area contributed by atoms with Gasteiger partial charge in [-0.05, 0) is 30.7 Å². The monoisotopic (exact) mass is 364 g/mol. The Morgan fingerprint density at radius 1 is 1.26 bits per heavy atom. The van der Waals surface area contributed by atoms with Crippen molar-refractivity contribution in [2.45, 2.75) is 32.9 Å². The van der Waals surface area contributed by atoms with Gasteiger partial charge in [-0.15, -0.1) is 0 Å². The van der Waals surface area contributed by atoms with Crippen LogP contribution in [0.5, 0.6) is 0 Å². The number of hydrogen-bond donors (Lipinski definition) is 2. The number of carbonyl (C=O) groups excluding carboxylic acids is 2. The Balaban J connectivity index is 2.08. The summed E-state index contributed by atoms with van der Waals surface area (Å²) in [6.45, 7) is 5.53. The SMILES string of the molecule is CC(=O)N1c2ccc(C(N)=O)cc2C(Nc2cnc(C#N)cn2)C(C)C1C. The molecule has 27 heavy (non-hydrogen) atoms. The fourth-order valence-electron chi connectivity index (χ4n) is 3.48. The van der Waals surface area contributed by atoms with Gasteiger partial charge in [-0.2, -0.15) is 5.26 Å². The van der Waals surface area contributed by atoms with Crippen LogP contribution in [0.25, 0.3) is 0 Å². The second-order valence-corrected chi connectivity index (χ2v) is 6.65. The van der Waals surface area contributed by atoms with Crippen molar-refractivity contribution in [2.24, 2.45) is 11.7 Å². The maximum atomic E-state index is 12.2. The highest BCUT2D eigenvalue weighted by atomic mass is 16.2. The number of nitrogens with zero attached hydrogens (tertiary/aromatic N) is 4. The lowest BCUT2D eigenvalue weighted by molar-refractivity contribution is -0.117. The van der Waals surface area contributed by atoms with E-state index >= 15 is 0 Å². The minimum atomic E-state index is -0.532. The van der Waals surface area contributed by atoms with Gasteiger partial charge in [0.15, 0.2) is 5.69 Å². The Kier molecular flexibility index (Phi) is 4.77. The molecule has 3 N–H and O–H groups in total. The number of carbonyl (C=O) groups is 2. The molecule has 1 aromatic heterocycles. The first kappa shape index (κ1) is 18.3. The summed E-state index contributed by atoms with van der Waals surface area (Å²) in [5, 5.41) is 12.2. The molecule has 1 aliphatic heterocycles. The molecule has 2 heterocycles. The zero-order valence-corrected chi connectivity index (χ0v) is 15.3. The van der Waals surface area contributed by atoms with Gasteiger partial charge in [-0.3, -0.25) is 9.59 Å². The number of primary amides is 1. The van der Waals surface area contributed by atoms with E-state index in [1.165, 1.54) is 19.3 Å². The molecule has 3 rings (SSSR count). The third-order valence-corrected chi connectivity index (χ3v) is 5.01. The van der Waals surface area contributed by atoms with E-state index in [2.05, 4.69) is 15.3 Å². The highest BCUT2D eigenvalue weighted by molar-refractivity contribution is 5.97. The molecule has 3 unspecified atom stereocenters. The van der Waals surface area contributed by atoms with E-state index in [0.29, 0.717) is 11.4 Å². The van der Waals surface area contributed by atoms with Crippen LogP contribution >= 0.6 is 0 Å². The topological polar surface area (TPSA) is 125 Å². The van der Waals surface area contributed by atoms with Crippen molar-refractivity contribution >= 4 is 23.3 Å². The molecule has 0 spiro atoms. The summed E-state index contributed by atoms with van der Waals surface area (Å²) >= 11 is 0.